The maximum atomic E-state index is 13.0. The molecule has 0 bridgehead atoms. The first kappa shape index (κ1) is 30.9. The van der Waals surface area contributed by atoms with Gasteiger partial charge in [0.25, 0.3) is 5.97 Å². The highest BCUT2D eigenvalue weighted by molar-refractivity contribution is 5.25. The molecule has 0 fully saturated rings. The van der Waals surface area contributed by atoms with Gasteiger partial charge in [-0.3, -0.25) is 0 Å². The molecule has 6 heteroatoms. The van der Waals surface area contributed by atoms with E-state index in [1.54, 1.807) is 6.07 Å². The Morgan fingerprint density at radius 1 is 0.706 bits per heavy atom. The second kappa shape index (κ2) is 17.3. The van der Waals surface area contributed by atoms with Gasteiger partial charge in [0.1, 0.15) is 0 Å². The molecule has 0 aliphatic carbocycles. The molecule has 0 saturated heterocycles. The number of aryl methyl sites for hydroxylation is 1. The summed E-state index contributed by atoms with van der Waals surface area (Å²) in [6.07, 6.45) is 8.42. The lowest BCUT2D eigenvalue weighted by Gasteiger charge is -2.39. The second-order valence-corrected chi connectivity index (χ2v) is 8.95. The quantitative estimate of drug-likeness (QED) is 0.135. The van der Waals surface area contributed by atoms with E-state index in [0.717, 1.165) is 50.2 Å². The zero-order valence-electron chi connectivity index (χ0n) is 21.9. The van der Waals surface area contributed by atoms with E-state index in [2.05, 4.69) is 6.92 Å². The standard InChI is InChI=1S/C28H47F3O3/c1-5-9-10-11-12-15-20-25(28(32-6-2,33-7-3)34-8-4)21-16-13-14-18-24-19-17-22-26(23-24)27(29,30)31/h17,19,22-23,25H,5-16,18,20-21H2,1-4H3. The number of hydrogen-bond donors (Lipinski definition) is 0. The van der Waals surface area contributed by atoms with E-state index in [4.69, 9.17) is 14.2 Å². The predicted molar refractivity (Wildman–Crippen MR) is 133 cm³/mol. The summed E-state index contributed by atoms with van der Waals surface area (Å²) >= 11 is 0. The van der Waals surface area contributed by atoms with E-state index < -0.39 is 17.7 Å². The van der Waals surface area contributed by atoms with Crippen molar-refractivity contribution in [1.29, 1.82) is 0 Å². The Morgan fingerprint density at radius 3 is 1.76 bits per heavy atom. The third-order valence-electron chi connectivity index (χ3n) is 6.22. The Balaban J connectivity index is 2.67. The molecule has 0 aliphatic heterocycles. The van der Waals surface area contributed by atoms with E-state index in [9.17, 15) is 13.2 Å². The lowest BCUT2D eigenvalue weighted by atomic mass is 9.91. The number of ether oxygens (including phenoxy) is 3. The molecule has 1 rings (SSSR count). The lowest BCUT2D eigenvalue weighted by Crippen LogP contribution is -2.46. The summed E-state index contributed by atoms with van der Waals surface area (Å²) in [5, 5.41) is 0. The van der Waals surface area contributed by atoms with Crippen LogP contribution in [-0.4, -0.2) is 25.8 Å². The smallest absolute Gasteiger partial charge is 0.328 e. The first-order valence-electron chi connectivity index (χ1n) is 13.4. The van der Waals surface area contributed by atoms with E-state index in [1.165, 1.54) is 44.2 Å². The Hall–Kier alpha value is -1.11. The molecule has 0 N–H and O–H groups in total. The number of hydrogen-bond acceptors (Lipinski definition) is 3. The highest BCUT2D eigenvalue weighted by Crippen LogP contribution is 2.35. The maximum Gasteiger partial charge on any atom is 0.416 e. The molecule has 0 spiro atoms. The Labute approximate surface area is 205 Å². The predicted octanol–water partition coefficient (Wildman–Crippen LogP) is 8.94. The van der Waals surface area contributed by atoms with Crippen molar-refractivity contribution in [2.45, 2.75) is 117 Å². The van der Waals surface area contributed by atoms with Gasteiger partial charge in [0, 0.05) is 25.7 Å². The van der Waals surface area contributed by atoms with Gasteiger partial charge in [-0.25, -0.2) is 0 Å². The second-order valence-electron chi connectivity index (χ2n) is 8.95. The topological polar surface area (TPSA) is 27.7 Å². The van der Waals surface area contributed by atoms with Crippen molar-refractivity contribution >= 4 is 0 Å². The molecule has 3 nitrogen and oxygen atoms in total. The van der Waals surface area contributed by atoms with Crippen LogP contribution >= 0.6 is 0 Å². The molecule has 0 aromatic heterocycles. The largest absolute Gasteiger partial charge is 0.416 e. The van der Waals surface area contributed by atoms with Crippen LogP contribution in [0.5, 0.6) is 0 Å². The van der Waals surface area contributed by atoms with Crippen LogP contribution in [0.1, 0.15) is 109 Å². The van der Waals surface area contributed by atoms with E-state index >= 15 is 0 Å². The summed E-state index contributed by atoms with van der Waals surface area (Å²) in [6.45, 7) is 9.66. The molecule has 1 aromatic rings. The van der Waals surface area contributed by atoms with Crippen LogP contribution in [0.3, 0.4) is 0 Å². The van der Waals surface area contributed by atoms with Gasteiger partial charge in [0.15, 0.2) is 0 Å². The van der Waals surface area contributed by atoms with Crippen molar-refractivity contribution in [3.05, 3.63) is 35.4 Å². The minimum atomic E-state index is -4.29. The van der Waals surface area contributed by atoms with Gasteiger partial charge in [0.05, 0.1) is 5.56 Å². The fourth-order valence-corrected chi connectivity index (χ4v) is 4.55. The van der Waals surface area contributed by atoms with Crippen molar-refractivity contribution in [2.75, 3.05) is 19.8 Å². The van der Waals surface area contributed by atoms with Crippen LogP contribution in [0.15, 0.2) is 24.3 Å². The highest BCUT2D eigenvalue weighted by Gasteiger charge is 2.41. The molecule has 0 radical (unpaired) electrons. The van der Waals surface area contributed by atoms with Gasteiger partial charge in [-0.15, -0.1) is 0 Å². The molecule has 1 aromatic carbocycles. The zero-order chi connectivity index (χ0) is 25.3. The molecular formula is C28H47F3O3. The van der Waals surface area contributed by atoms with Gasteiger partial charge < -0.3 is 14.2 Å². The van der Waals surface area contributed by atoms with Crippen molar-refractivity contribution in [3.63, 3.8) is 0 Å². The molecule has 1 unspecified atom stereocenters. The minimum Gasteiger partial charge on any atom is -0.328 e. The Morgan fingerprint density at radius 2 is 1.24 bits per heavy atom. The van der Waals surface area contributed by atoms with Gasteiger partial charge in [0.2, 0.25) is 0 Å². The Kier molecular flexibility index (Phi) is 15.8. The van der Waals surface area contributed by atoms with Crippen LogP contribution in [0.4, 0.5) is 13.2 Å². The molecule has 0 amide bonds. The maximum absolute atomic E-state index is 13.0. The fraction of sp³-hybridized carbons (Fsp3) is 0.786. The number of rotatable bonds is 20. The summed E-state index contributed by atoms with van der Waals surface area (Å²) in [5.41, 5.74) is 0.171. The monoisotopic (exact) mass is 488 g/mol. The highest BCUT2D eigenvalue weighted by atomic mass is 19.4. The van der Waals surface area contributed by atoms with Crippen LogP contribution in [0.25, 0.3) is 0 Å². The number of alkyl halides is 3. The molecule has 0 heterocycles. The van der Waals surface area contributed by atoms with Gasteiger partial charge in [-0.2, -0.15) is 13.2 Å². The van der Waals surface area contributed by atoms with E-state index in [0.29, 0.717) is 26.2 Å². The normalized spacial score (nSPS) is 13.4. The van der Waals surface area contributed by atoms with Crippen LogP contribution in [0, 0.1) is 5.92 Å². The van der Waals surface area contributed by atoms with Gasteiger partial charge in [-0.1, -0.05) is 76.5 Å². The molecule has 0 aliphatic rings. The van der Waals surface area contributed by atoms with Crippen molar-refractivity contribution in [3.8, 4) is 0 Å². The van der Waals surface area contributed by atoms with Gasteiger partial charge in [-0.05, 0) is 58.1 Å². The summed E-state index contributed by atoms with van der Waals surface area (Å²) in [7, 11) is 0. The van der Waals surface area contributed by atoms with E-state index in [1.807, 2.05) is 20.8 Å². The molecule has 0 saturated carbocycles. The average Bonchev–Trinajstić information content (AvgIpc) is 2.79. The zero-order valence-corrected chi connectivity index (χ0v) is 21.9. The molecule has 1 atom stereocenters. The van der Waals surface area contributed by atoms with Crippen molar-refractivity contribution in [2.24, 2.45) is 5.92 Å². The Bertz CT molecular complexity index is 617. The third kappa shape index (κ3) is 11.5. The molecule has 34 heavy (non-hydrogen) atoms. The summed E-state index contributed by atoms with van der Waals surface area (Å²) in [6, 6.07) is 5.67. The third-order valence-corrected chi connectivity index (χ3v) is 6.22. The fourth-order valence-electron chi connectivity index (χ4n) is 4.55. The number of benzene rings is 1. The summed E-state index contributed by atoms with van der Waals surface area (Å²) in [5.74, 6) is -0.880. The number of unbranched alkanes of at least 4 members (excludes halogenated alkanes) is 7. The molecular weight excluding hydrogens is 441 g/mol. The van der Waals surface area contributed by atoms with Gasteiger partial charge >= 0.3 is 6.18 Å². The van der Waals surface area contributed by atoms with Crippen LogP contribution in [0.2, 0.25) is 0 Å². The minimum absolute atomic E-state index is 0.132. The molecule has 198 valence electrons. The number of halogens is 3. The summed E-state index contributed by atoms with van der Waals surface area (Å²) in [4.78, 5) is 0. The van der Waals surface area contributed by atoms with Crippen LogP contribution < -0.4 is 0 Å². The first-order valence-corrected chi connectivity index (χ1v) is 13.4. The average molecular weight is 489 g/mol. The van der Waals surface area contributed by atoms with E-state index in [-0.39, 0.29) is 5.92 Å². The van der Waals surface area contributed by atoms with Crippen molar-refractivity contribution in [1.82, 2.24) is 0 Å². The SMILES string of the molecule is CCCCCCCCC(CCCCCc1cccc(C(F)(F)F)c1)C(OCC)(OCC)OCC. The van der Waals surface area contributed by atoms with Crippen LogP contribution in [-0.2, 0) is 26.8 Å². The first-order chi connectivity index (χ1) is 16.3. The van der Waals surface area contributed by atoms with Crippen molar-refractivity contribution < 1.29 is 27.4 Å². The lowest BCUT2D eigenvalue weighted by molar-refractivity contribution is -0.403. The summed E-state index contributed by atoms with van der Waals surface area (Å²) < 4.78 is 57.1.